The van der Waals surface area contributed by atoms with Crippen LogP contribution in [-0.4, -0.2) is 58.0 Å². The van der Waals surface area contributed by atoms with Crippen LogP contribution in [-0.2, 0) is 22.3 Å². The number of piperidine rings is 1. The predicted molar refractivity (Wildman–Crippen MR) is 178 cm³/mol. The molecule has 1 N–H and O–H groups in total. The Morgan fingerprint density at radius 3 is 2.39 bits per heavy atom. The largest absolute Gasteiger partial charge is 0.363 e. The van der Waals surface area contributed by atoms with Gasteiger partial charge in [-0.3, -0.25) is 14.3 Å². The summed E-state index contributed by atoms with van der Waals surface area (Å²) in [5.74, 6) is -3.20. The normalized spacial score (nSPS) is 27.1. The van der Waals surface area contributed by atoms with Gasteiger partial charge in [-0.1, -0.05) is 37.5 Å². The highest BCUT2D eigenvalue weighted by molar-refractivity contribution is 7.91. The molecule has 4 aliphatic heterocycles. The number of rotatable bonds is 1. The molecule has 2 fully saturated rings. The van der Waals surface area contributed by atoms with Crippen molar-refractivity contribution in [1.82, 2.24) is 19.4 Å². The van der Waals surface area contributed by atoms with Crippen molar-refractivity contribution in [2.75, 3.05) is 29.9 Å². The van der Waals surface area contributed by atoms with E-state index in [4.69, 9.17) is 0 Å². The van der Waals surface area contributed by atoms with E-state index in [0.717, 1.165) is 44.2 Å². The van der Waals surface area contributed by atoms with Gasteiger partial charge in [-0.2, -0.15) is 0 Å². The van der Waals surface area contributed by atoms with Crippen LogP contribution < -0.4 is 10.9 Å². The standard InChI is InChI=1S/C35H47F2N5O3S/c1-24-26-10-9-11-27(20-26)35(36,37)28-12-17-41(34(2,3)22-28)15-7-5-4-6-8-16-42-32-30(31(40-24)38-23-39-32)21-29(33(42)43)25-13-18-46(44,45)19-14-25/h9-11,20-21,23-25,28H,4-8,12-19,22H2,1-3H3,(H,38,39,40)/t24-,28?/m1/s1. The van der Waals surface area contributed by atoms with E-state index in [0.29, 0.717) is 61.2 Å². The first-order chi connectivity index (χ1) is 21.9. The molecular formula is C35H47F2N5O3S. The molecule has 1 aromatic carbocycles. The van der Waals surface area contributed by atoms with Gasteiger partial charge in [0.2, 0.25) is 0 Å². The predicted octanol–water partition coefficient (Wildman–Crippen LogP) is 6.80. The fourth-order valence-electron chi connectivity index (χ4n) is 7.83. The highest BCUT2D eigenvalue weighted by Gasteiger charge is 2.47. The van der Waals surface area contributed by atoms with Gasteiger partial charge in [0.25, 0.3) is 11.5 Å². The van der Waals surface area contributed by atoms with E-state index < -0.39 is 21.7 Å². The summed E-state index contributed by atoms with van der Waals surface area (Å²) in [5, 5.41) is 4.12. The number of halogens is 2. The molecule has 2 aromatic heterocycles. The molecule has 4 aliphatic rings. The van der Waals surface area contributed by atoms with E-state index in [1.54, 1.807) is 22.8 Å². The third-order valence-corrected chi connectivity index (χ3v) is 12.4. The number of nitrogens with zero attached hydrogens (tertiary/aromatic N) is 4. The molecule has 0 radical (unpaired) electrons. The Balaban J connectivity index is 1.39. The van der Waals surface area contributed by atoms with Gasteiger partial charge in [0.15, 0.2) is 0 Å². The number of aromatic nitrogens is 3. The minimum absolute atomic E-state index is 0.0368. The number of sulfone groups is 1. The van der Waals surface area contributed by atoms with Crippen LogP contribution in [0, 0.1) is 5.92 Å². The van der Waals surface area contributed by atoms with Crippen molar-refractivity contribution >= 4 is 26.7 Å². The average molecular weight is 656 g/mol. The molecule has 11 heteroatoms. The van der Waals surface area contributed by atoms with Crippen molar-refractivity contribution in [2.45, 2.75) is 109 Å². The van der Waals surface area contributed by atoms with E-state index in [1.165, 1.54) is 6.33 Å². The minimum atomic E-state index is -3.10. The quantitative estimate of drug-likeness (QED) is 0.308. The van der Waals surface area contributed by atoms with Crippen LogP contribution in [0.2, 0.25) is 0 Å². The maximum Gasteiger partial charge on any atom is 0.276 e. The van der Waals surface area contributed by atoms with Crippen molar-refractivity contribution in [2.24, 2.45) is 5.92 Å². The Morgan fingerprint density at radius 1 is 0.935 bits per heavy atom. The van der Waals surface area contributed by atoms with Gasteiger partial charge in [-0.05, 0) is 96.0 Å². The van der Waals surface area contributed by atoms with Gasteiger partial charge < -0.3 is 5.32 Å². The Bertz CT molecular complexity index is 1730. The number of hydrogen-bond donors (Lipinski definition) is 1. The smallest absolute Gasteiger partial charge is 0.276 e. The third kappa shape index (κ3) is 6.72. The van der Waals surface area contributed by atoms with Crippen molar-refractivity contribution in [3.8, 4) is 0 Å². The summed E-state index contributed by atoms with van der Waals surface area (Å²) in [4.78, 5) is 25.4. The first kappa shape index (κ1) is 33.0. The molecule has 0 amide bonds. The van der Waals surface area contributed by atoms with Gasteiger partial charge in [0, 0.05) is 35.2 Å². The van der Waals surface area contributed by atoms with Gasteiger partial charge in [0.1, 0.15) is 27.6 Å². The Hall–Kier alpha value is -2.92. The molecule has 0 spiro atoms. The third-order valence-electron chi connectivity index (χ3n) is 10.7. The number of nitrogens with one attached hydrogen (secondary N) is 1. The van der Waals surface area contributed by atoms with Crippen LogP contribution in [0.4, 0.5) is 14.6 Å². The van der Waals surface area contributed by atoms with Crippen LogP contribution >= 0.6 is 0 Å². The number of benzene rings is 1. The molecule has 6 heterocycles. The maximum absolute atomic E-state index is 16.2. The molecule has 3 aromatic rings. The lowest BCUT2D eigenvalue weighted by molar-refractivity contribution is -0.109. The summed E-state index contributed by atoms with van der Waals surface area (Å²) in [6, 6.07) is 8.20. The monoisotopic (exact) mass is 655 g/mol. The fourth-order valence-corrected chi connectivity index (χ4v) is 9.33. The van der Waals surface area contributed by atoms with Crippen LogP contribution in [0.5, 0.6) is 0 Å². The second-order valence-electron chi connectivity index (χ2n) is 14.3. The first-order valence-electron chi connectivity index (χ1n) is 16.9. The van der Waals surface area contributed by atoms with E-state index in [2.05, 4.69) is 34.0 Å². The van der Waals surface area contributed by atoms with E-state index in [-0.39, 0.29) is 40.1 Å². The van der Waals surface area contributed by atoms with Crippen LogP contribution in [0.15, 0.2) is 41.5 Å². The average Bonchev–Trinajstić information content (AvgIpc) is 3.01. The molecule has 8 bridgehead atoms. The highest BCUT2D eigenvalue weighted by Crippen LogP contribution is 2.46. The second kappa shape index (κ2) is 12.9. The van der Waals surface area contributed by atoms with Crippen molar-refractivity contribution < 1.29 is 17.2 Å². The number of aryl methyl sites for hydroxylation is 1. The molecular weight excluding hydrogens is 608 g/mol. The van der Waals surface area contributed by atoms with E-state index >= 15 is 8.78 Å². The van der Waals surface area contributed by atoms with Crippen molar-refractivity contribution in [1.29, 1.82) is 0 Å². The summed E-state index contributed by atoms with van der Waals surface area (Å²) in [7, 11) is -3.10. The van der Waals surface area contributed by atoms with Crippen LogP contribution in [0.3, 0.4) is 0 Å². The maximum atomic E-state index is 16.2. The molecule has 7 rings (SSSR count). The zero-order valence-corrected chi connectivity index (χ0v) is 28.1. The summed E-state index contributed by atoms with van der Waals surface area (Å²) in [6.45, 7) is 8.19. The summed E-state index contributed by atoms with van der Waals surface area (Å²) < 4.78 is 58.5. The summed E-state index contributed by atoms with van der Waals surface area (Å²) in [6.07, 6.45) is 8.01. The first-order valence-corrected chi connectivity index (χ1v) is 18.8. The zero-order valence-electron chi connectivity index (χ0n) is 27.3. The van der Waals surface area contributed by atoms with Crippen molar-refractivity contribution in [3.63, 3.8) is 0 Å². The van der Waals surface area contributed by atoms with Crippen molar-refractivity contribution in [3.05, 3.63) is 63.7 Å². The molecule has 2 saturated heterocycles. The lowest BCUT2D eigenvalue weighted by Crippen LogP contribution is -2.52. The molecule has 2 unspecified atom stereocenters. The Labute approximate surface area is 270 Å². The SMILES string of the molecule is C[C@H]1Nc2ncnc3c2cc(C2CCS(=O)(=O)CC2)c(=O)n3CCCCCCCN2CCC(CC2(C)C)C(F)(F)c2cccc1c2. The number of pyridine rings is 1. The second-order valence-corrected chi connectivity index (χ2v) is 16.6. The van der Waals surface area contributed by atoms with Gasteiger partial charge in [0.05, 0.1) is 16.9 Å². The summed E-state index contributed by atoms with van der Waals surface area (Å²) in [5.41, 5.74) is 1.46. The van der Waals surface area contributed by atoms with E-state index in [9.17, 15) is 13.2 Å². The molecule has 3 atom stereocenters. The Morgan fingerprint density at radius 2 is 1.65 bits per heavy atom. The molecule has 0 aliphatic carbocycles. The van der Waals surface area contributed by atoms with Crippen LogP contribution in [0.25, 0.3) is 11.0 Å². The summed E-state index contributed by atoms with van der Waals surface area (Å²) >= 11 is 0. The van der Waals surface area contributed by atoms with Crippen LogP contribution in [0.1, 0.15) is 107 Å². The highest BCUT2D eigenvalue weighted by atomic mass is 32.2. The molecule has 250 valence electrons. The number of fused-ring (bicyclic) bond motifs is 9. The van der Waals surface area contributed by atoms with Gasteiger partial charge in [-0.25, -0.2) is 27.2 Å². The molecule has 46 heavy (non-hydrogen) atoms. The number of anilines is 1. The lowest BCUT2D eigenvalue weighted by Gasteiger charge is -2.47. The van der Waals surface area contributed by atoms with Gasteiger partial charge in [-0.15, -0.1) is 0 Å². The van der Waals surface area contributed by atoms with Gasteiger partial charge >= 0.3 is 0 Å². The fraction of sp³-hybridized carbons (Fsp3) is 0.629. The van der Waals surface area contributed by atoms with E-state index in [1.807, 2.05) is 19.1 Å². The molecule has 8 nitrogen and oxygen atoms in total. The molecule has 0 saturated carbocycles. The lowest BCUT2D eigenvalue weighted by atomic mass is 9.77. The number of alkyl halides is 2. The zero-order chi connectivity index (χ0) is 32.7. The minimum Gasteiger partial charge on any atom is -0.363 e. The number of hydrogen-bond acceptors (Lipinski definition) is 7. The Kier molecular flexibility index (Phi) is 9.28. The topological polar surface area (TPSA) is 97.2 Å².